The van der Waals surface area contributed by atoms with E-state index in [1.54, 1.807) is 0 Å². The first kappa shape index (κ1) is 25.1. The van der Waals surface area contributed by atoms with Gasteiger partial charge in [-0.25, -0.2) is 4.39 Å². The van der Waals surface area contributed by atoms with Gasteiger partial charge in [0.15, 0.2) is 6.67 Å². The molecule has 0 aromatic carbocycles. The number of rotatable bonds is 9. The van der Waals surface area contributed by atoms with Gasteiger partial charge in [-0.2, -0.15) is 35.1 Å². The van der Waals surface area contributed by atoms with Crippen LogP contribution in [0.3, 0.4) is 0 Å². The van der Waals surface area contributed by atoms with Crippen LogP contribution >= 0.6 is 0 Å². The van der Waals surface area contributed by atoms with Gasteiger partial charge in [-0.05, 0) is 49.5 Å². The van der Waals surface area contributed by atoms with Gasteiger partial charge in [0.25, 0.3) is 0 Å². The largest absolute Gasteiger partial charge is 0.426 e. The minimum absolute atomic E-state index is 0.185. The van der Waals surface area contributed by atoms with Crippen LogP contribution in [0, 0.1) is 11.8 Å². The molecule has 2 rings (SSSR count). The Bertz CT molecular complexity index is 634. The van der Waals surface area contributed by atoms with E-state index in [9.17, 15) is 39.5 Å². The molecule has 1 nitrogen and oxygen atoms in total. The van der Waals surface area contributed by atoms with Gasteiger partial charge in [-0.15, -0.1) is 0 Å². The molecule has 174 valence electrons. The highest BCUT2D eigenvalue weighted by Gasteiger charge is 2.81. The number of halogens is 9. The lowest BCUT2D eigenvalue weighted by Gasteiger charge is -2.36. The smallest absolute Gasteiger partial charge is 0.308 e. The Labute approximate surface area is 169 Å². The van der Waals surface area contributed by atoms with E-state index in [1.807, 2.05) is 0 Å². The molecular weight excluding hydrogens is 427 g/mol. The van der Waals surface area contributed by atoms with Crippen LogP contribution < -0.4 is 0 Å². The molecule has 2 aliphatic carbocycles. The van der Waals surface area contributed by atoms with E-state index >= 15 is 0 Å². The van der Waals surface area contributed by atoms with Crippen LogP contribution in [0.5, 0.6) is 0 Å². The maximum absolute atomic E-state index is 13.8. The lowest BCUT2D eigenvalue weighted by molar-refractivity contribution is -0.432. The third kappa shape index (κ3) is 4.83. The van der Waals surface area contributed by atoms with E-state index in [0.717, 1.165) is 50.2 Å². The average Bonchev–Trinajstić information content (AvgIpc) is 2.68. The molecule has 0 aromatic heterocycles. The van der Waals surface area contributed by atoms with Crippen molar-refractivity contribution < 1.29 is 44.3 Å². The second-order valence-corrected chi connectivity index (χ2v) is 7.97. The predicted octanol–water partition coefficient (Wildman–Crippen LogP) is 7.33. The first-order valence-electron chi connectivity index (χ1n) is 9.92. The zero-order valence-electron chi connectivity index (χ0n) is 16.4. The highest BCUT2D eigenvalue weighted by atomic mass is 19.4. The Morgan fingerprint density at radius 2 is 1.53 bits per heavy atom. The fourth-order valence-electron chi connectivity index (χ4n) is 3.96. The molecule has 0 bridgehead atoms. The van der Waals surface area contributed by atoms with E-state index in [-0.39, 0.29) is 12.3 Å². The van der Waals surface area contributed by atoms with Crippen molar-refractivity contribution >= 4 is 0 Å². The van der Waals surface area contributed by atoms with Gasteiger partial charge in [0.05, 0.1) is 6.10 Å². The number of ether oxygens (including phenoxy) is 1. The summed E-state index contributed by atoms with van der Waals surface area (Å²) in [6, 6.07) is 0. The van der Waals surface area contributed by atoms with Gasteiger partial charge < -0.3 is 4.74 Å². The van der Waals surface area contributed by atoms with Gasteiger partial charge in [0.2, 0.25) is 0 Å². The number of hydrogen-bond acceptors (Lipinski definition) is 1. The van der Waals surface area contributed by atoms with E-state index in [0.29, 0.717) is 5.92 Å². The average molecular weight is 452 g/mol. The van der Waals surface area contributed by atoms with E-state index in [2.05, 4.69) is 11.7 Å². The molecule has 1 fully saturated rings. The van der Waals surface area contributed by atoms with Crippen LogP contribution in [0.4, 0.5) is 39.5 Å². The Hall–Kier alpha value is -1.19. The third-order valence-corrected chi connectivity index (χ3v) is 5.79. The molecular formula is C20H25F9O. The normalized spacial score (nSPS) is 26.6. The van der Waals surface area contributed by atoms with Crippen LogP contribution in [-0.4, -0.2) is 36.7 Å². The minimum atomic E-state index is -6.64. The van der Waals surface area contributed by atoms with Crippen LogP contribution in [-0.2, 0) is 4.74 Å². The molecule has 1 saturated carbocycles. The summed E-state index contributed by atoms with van der Waals surface area (Å²) in [6.07, 6.45) is 2.07. The van der Waals surface area contributed by atoms with Crippen molar-refractivity contribution in [1.82, 2.24) is 0 Å². The Morgan fingerprint density at radius 1 is 0.933 bits per heavy atom. The van der Waals surface area contributed by atoms with Gasteiger partial charge in [0, 0.05) is 0 Å². The number of hydrogen-bond donors (Lipinski definition) is 0. The molecule has 0 spiro atoms. The molecule has 0 saturated heterocycles. The Morgan fingerprint density at radius 3 is 2.00 bits per heavy atom. The van der Waals surface area contributed by atoms with Crippen molar-refractivity contribution in [3.05, 3.63) is 23.8 Å². The number of allylic oxidation sites excluding steroid dienone is 2. The van der Waals surface area contributed by atoms with Crippen molar-refractivity contribution in [1.29, 1.82) is 0 Å². The summed E-state index contributed by atoms with van der Waals surface area (Å²) < 4.78 is 123. The molecule has 10 heteroatoms. The van der Waals surface area contributed by atoms with Crippen LogP contribution in [0.1, 0.15) is 51.9 Å². The molecule has 0 aromatic rings. The highest BCUT2D eigenvalue weighted by molar-refractivity contribution is 5.27. The van der Waals surface area contributed by atoms with Crippen molar-refractivity contribution in [2.24, 2.45) is 11.8 Å². The Balaban J connectivity index is 2.00. The zero-order valence-corrected chi connectivity index (χ0v) is 16.4. The zero-order chi connectivity index (χ0) is 22.8. The SMILES string of the molecule is CCC[C@H]1CC[C@H](C2=CCC(OC(F)(F)C(F)(F)C(F)(F)C(F)(F)CF)C=C2)CC1. The fraction of sp³-hybridized carbons (Fsp3) is 0.800. The van der Waals surface area contributed by atoms with Crippen molar-refractivity contribution in [2.45, 2.75) is 81.8 Å². The first-order chi connectivity index (χ1) is 13.8. The summed E-state index contributed by atoms with van der Waals surface area (Å²) >= 11 is 0. The highest BCUT2D eigenvalue weighted by Crippen LogP contribution is 2.53. The lowest BCUT2D eigenvalue weighted by atomic mass is 9.76. The van der Waals surface area contributed by atoms with E-state index < -0.39 is 36.7 Å². The summed E-state index contributed by atoms with van der Waals surface area (Å²) in [5, 5.41) is 0. The van der Waals surface area contributed by atoms with Crippen LogP contribution in [0.25, 0.3) is 0 Å². The molecule has 0 amide bonds. The molecule has 30 heavy (non-hydrogen) atoms. The van der Waals surface area contributed by atoms with Crippen LogP contribution in [0.15, 0.2) is 23.8 Å². The van der Waals surface area contributed by atoms with E-state index in [4.69, 9.17) is 0 Å². The predicted molar refractivity (Wildman–Crippen MR) is 92.8 cm³/mol. The molecule has 2 aliphatic rings. The number of alkyl halides is 9. The van der Waals surface area contributed by atoms with Crippen molar-refractivity contribution in [3.63, 3.8) is 0 Å². The summed E-state index contributed by atoms with van der Waals surface area (Å²) in [7, 11) is 0. The quantitative estimate of drug-likeness (QED) is 0.333. The molecule has 0 radical (unpaired) electrons. The summed E-state index contributed by atoms with van der Waals surface area (Å²) in [6.45, 7) is -1.12. The minimum Gasteiger partial charge on any atom is -0.308 e. The van der Waals surface area contributed by atoms with Gasteiger partial charge >= 0.3 is 23.9 Å². The van der Waals surface area contributed by atoms with Gasteiger partial charge in [0.1, 0.15) is 0 Å². The molecule has 1 unspecified atom stereocenters. The van der Waals surface area contributed by atoms with Gasteiger partial charge in [-0.3, -0.25) is 0 Å². The maximum Gasteiger partial charge on any atom is 0.426 e. The molecule has 1 atom stereocenters. The molecule has 0 heterocycles. The topological polar surface area (TPSA) is 9.23 Å². The summed E-state index contributed by atoms with van der Waals surface area (Å²) in [4.78, 5) is 0. The first-order valence-corrected chi connectivity index (χ1v) is 9.92. The second-order valence-electron chi connectivity index (χ2n) is 7.97. The van der Waals surface area contributed by atoms with Crippen molar-refractivity contribution in [3.8, 4) is 0 Å². The van der Waals surface area contributed by atoms with Gasteiger partial charge in [-0.1, -0.05) is 38.0 Å². The monoisotopic (exact) mass is 452 g/mol. The maximum atomic E-state index is 13.8. The fourth-order valence-corrected chi connectivity index (χ4v) is 3.96. The van der Waals surface area contributed by atoms with Crippen molar-refractivity contribution in [2.75, 3.05) is 6.67 Å². The molecule has 0 N–H and O–H groups in total. The summed E-state index contributed by atoms with van der Waals surface area (Å²) in [5.74, 6) is -18.4. The second kappa shape index (κ2) is 9.12. The lowest BCUT2D eigenvalue weighted by Crippen LogP contribution is -2.64. The third-order valence-electron chi connectivity index (χ3n) is 5.79. The Kier molecular flexibility index (Phi) is 7.62. The standard InChI is InChI=1S/C20H25F9O/c1-2-3-13-4-6-14(7-5-13)15-8-10-16(11-9-15)30-20(28,29)19(26,27)18(24,25)17(22,23)12-21/h8-10,13-14,16H,2-7,11-12H2,1H3/t13-,14-,16?. The molecule has 0 aliphatic heterocycles. The van der Waals surface area contributed by atoms with Crippen LogP contribution in [0.2, 0.25) is 0 Å². The van der Waals surface area contributed by atoms with E-state index in [1.165, 1.54) is 12.2 Å². The summed E-state index contributed by atoms with van der Waals surface area (Å²) in [5.41, 5.74) is 0.828.